The monoisotopic (exact) mass is 260 g/mol. The predicted molar refractivity (Wildman–Crippen MR) is 76.5 cm³/mol. The van der Waals surface area contributed by atoms with Gasteiger partial charge in [-0.15, -0.1) is 11.6 Å². The molecule has 0 spiro atoms. The van der Waals surface area contributed by atoms with Crippen molar-refractivity contribution in [2.45, 2.75) is 18.7 Å². The first-order valence-corrected chi connectivity index (χ1v) is 6.55. The van der Waals surface area contributed by atoms with Crippen molar-refractivity contribution < 1.29 is 4.74 Å². The molecular formula is C16H17ClO. The molecule has 18 heavy (non-hydrogen) atoms. The Hall–Kier alpha value is -1.47. The number of hydrogen-bond donors (Lipinski definition) is 0. The second-order valence-electron chi connectivity index (χ2n) is 4.23. The van der Waals surface area contributed by atoms with E-state index in [1.165, 1.54) is 5.56 Å². The van der Waals surface area contributed by atoms with Crippen molar-refractivity contribution in [3.63, 3.8) is 0 Å². The highest BCUT2D eigenvalue weighted by Gasteiger charge is 2.11. The smallest absolute Gasteiger partial charge is 0.119 e. The van der Waals surface area contributed by atoms with E-state index in [9.17, 15) is 0 Å². The van der Waals surface area contributed by atoms with E-state index < -0.39 is 0 Å². The van der Waals surface area contributed by atoms with Gasteiger partial charge in [-0.3, -0.25) is 0 Å². The highest BCUT2D eigenvalue weighted by atomic mass is 35.5. The van der Waals surface area contributed by atoms with Crippen LogP contribution >= 0.6 is 11.6 Å². The molecule has 94 valence electrons. The molecule has 2 heteroatoms. The number of hydrogen-bond acceptors (Lipinski definition) is 1. The summed E-state index contributed by atoms with van der Waals surface area (Å²) in [5.41, 5.74) is 3.50. The normalized spacial score (nSPS) is 12.2. The molecule has 1 nitrogen and oxygen atoms in total. The lowest BCUT2D eigenvalue weighted by Crippen LogP contribution is -1.94. The van der Waals surface area contributed by atoms with Gasteiger partial charge in [0.15, 0.2) is 0 Å². The summed E-state index contributed by atoms with van der Waals surface area (Å²) in [6.45, 7) is 2.15. The fraction of sp³-hybridized carbons (Fsp3) is 0.250. The molecule has 0 saturated carbocycles. The first-order valence-electron chi connectivity index (χ1n) is 6.11. The average molecular weight is 261 g/mol. The van der Waals surface area contributed by atoms with Gasteiger partial charge < -0.3 is 4.74 Å². The largest absolute Gasteiger partial charge is 0.497 e. The second-order valence-corrected chi connectivity index (χ2v) is 4.67. The molecule has 0 aromatic heterocycles. The summed E-state index contributed by atoms with van der Waals surface area (Å²) in [4.78, 5) is 0. The molecule has 0 radical (unpaired) electrons. The van der Waals surface area contributed by atoms with Gasteiger partial charge in [-0.1, -0.05) is 43.3 Å². The van der Waals surface area contributed by atoms with Crippen LogP contribution in [0.5, 0.6) is 5.75 Å². The second kappa shape index (κ2) is 5.92. The van der Waals surface area contributed by atoms with E-state index in [0.29, 0.717) is 0 Å². The maximum Gasteiger partial charge on any atom is 0.119 e. The van der Waals surface area contributed by atoms with Gasteiger partial charge in [0, 0.05) is 0 Å². The van der Waals surface area contributed by atoms with Crippen LogP contribution in [-0.2, 0) is 6.42 Å². The van der Waals surface area contributed by atoms with E-state index in [1.54, 1.807) is 7.11 Å². The number of alkyl halides is 1. The van der Waals surface area contributed by atoms with E-state index in [1.807, 2.05) is 24.3 Å². The number of methoxy groups -OCH3 is 1. The lowest BCUT2D eigenvalue weighted by molar-refractivity contribution is 0.414. The van der Waals surface area contributed by atoms with Crippen molar-refractivity contribution in [2.24, 2.45) is 0 Å². The molecule has 0 aliphatic rings. The average Bonchev–Trinajstić information content (AvgIpc) is 2.46. The van der Waals surface area contributed by atoms with Crippen LogP contribution in [0.3, 0.4) is 0 Å². The molecule has 0 fully saturated rings. The summed E-state index contributed by atoms with van der Waals surface area (Å²) >= 11 is 6.50. The van der Waals surface area contributed by atoms with Crippen LogP contribution in [-0.4, -0.2) is 7.11 Å². The topological polar surface area (TPSA) is 9.23 Å². The molecule has 0 amide bonds. The fourth-order valence-electron chi connectivity index (χ4n) is 1.91. The zero-order valence-electron chi connectivity index (χ0n) is 10.7. The van der Waals surface area contributed by atoms with Crippen molar-refractivity contribution in [3.8, 4) is 5.75 Å². The third kappa shape index (κ3) is 2.85. The molecule has 1 atom stereocenters. The molecule has 0 bridgehead atoms. The van der Waals surface area contributed by atoms with Gasteiger partial charge in [-0.25, -0.2) is 0 Å². The fourth-order valence-corrected chi connectivity index (χ4v) is 2.20. The van der Waals surface area contributed by atoms with Crippen LogP contribution < -0.4 is 4.74 Å². The first kappa shape index (κ1) is 13.0. The Morgan fingerprint density at radius 3 is 2.39 bits per heavy atom. The first-order chi connectivity index (χ1) is 8.74. The Morgan fingerprint density at radius 2 is 1.78 bits per heavy atom. The van der Waals surface area contributed by atoms with Crippen molar-refractivity contribution in [1.29, 1.82) is 0 Å². The van der Waals surface area contributed by atoms with Gasteiger partial charge in [0.1, 0.15) is 5.75 Å². The lowest BCUT2D eigenvalue weighted by Gasteiger charge is -2.12. The molecule has 1 unspecified atom stereocenters. The predicted octanol–water partition coefficient (Wildman–Crippen LogP) is 4.59. The van der Waals surface area contributed by atoms with E-state index in [-0.39, 0.29) is 5.38 Å². The number of rotatable bonds is 4. The number of halogens is 1. The third-order valence-electron chi connectivity index (χ3n) is 3.07. The van der Waals surface area contributed by atoms with E-state index in [2.05, 4.69) is 31.2 Å². The molecule has 0 aliphatic heterocycles. The minimum atomic E-state index is -0.133. The maximum absolute atomic E-state index is 6.50. The number of aryl methyl sites for hydroxylation is 1. The van der Waals surface area contributed by atoms with Crippen molar-refractivity contribution >= 4 is 11.6 Å². The van der Waals surface area contributed by atoms with E-state index in [0.717, 1.165) is 23.3 Å². The van der Waals surface area contributed by atoms with Crippen LogP contribution in [0.25, 0.3) is 0 Å². The summed E-state index contributed by atoms with van der Waals surface area (Å²) in [6, 6.07) is 16.3. The molecule has 0 N–H and O–H groups in total. The van der Waals surface area contributed by atoms with Gasteiger partial charge >= 0.3 is 0 Å². The minimum Gasteiger partial charge on any atom is -0.497 e. The Balaban J connectivity index is 2.25. The zero-order valence-corrected chi connectivity index (χ0v) is 11.4. The Bertz CT molecular complexity index is 505. The maximum atomic E-state index is 6.50. The van der Waals surface area contributed by atoms with Crippen LogP contribution in [0.15, 0.2) is 48.5 Å². The van der Waals surface area contributed by atoms with Gasteiger partial charge in [0.2, 0.25) is 0 Å². The highest BCUT2D eigenvalue weighted by molar-refractivity contribution is 6.22. The quantitative estimate of drug-likeness (QED) is 0.731. The van der Waals surface area contributed by atoms with Crippen LogP contribution in [0.4, 0.5) is 0 Å². The SMILES string of the molecule is CCc1ccc(C(Cl)c2cccc(OC)c2)cc1. The number of ether oxygens (including phenoxy) is 1. The van der Waals surface area contributed by atoms with E-state index >= 15 is 0 Å². The summed E-state index contributed by atoms with van der Waals surface area (Å²) < 4.78 is 5.22. The Morgan fingerprint density at radius 1 is 1.06 bits per heavy atom. The third-order valence-corrected chi connectivity index (χ3v) is 3.57. The lowest BCUT2D eigenvalue weighted by atomic mass is 10.0. The minimum absolute atomic E-state index is 0.133. The molecule has 0 heterocycles. The van der Waals surface area contributed by atoms with Crippen LogP contribution in [0.1, 0.15) is 29.0 Å². The standard InChI is InChI=1S/C16H17ClO/c1-3-12-7-9-13(10-8-12)16(17)14-5-4-6-15(11-14)18-2/h4-11,16H,3H2,1-2H3. The Kier molecular flexibility index (Phi) is 4.27. The summed E-state index contributed by atoms with van der Waals surface area (Å²) in [5, 5.41) is -0.133. The van der Waals surface area contributed by atoms with Gasteiger partial charge in [-0.05, 0) is 35.2 Å². The van der Waals surface area contributed by atoms with Gasteiger partial charge in [0.25, 0.3) is 0 Å². The summed E-state index contributed by atoms with van der Waals surface area (Å²) in [7, 11) is 1.67. The van der Waals surface area contributed by atoms with Gasteiger partial charge in [0.05, 0.1) is 12.5 Å². The van der Waals surface area contributed by atoms with Gasteiger partial charge in [-0.2, -0.15) is 0 Å². The molecule has 2 aromatic carbocycles. The summed E-state index contributed by atoms with van der Waals surface area (Å²) in [5.74, 6) is 0.836. The van der Waals surface area contributed by atoms with Crippen LogP contribution in [0, 0.1) is 0 Å². The van der Waals surface area contributed by atoms with Crippen molar-refractivity contribution in [3.05, 3.63) is 65.2 Å². The molecule has 2 aromatic rings. The molecule has 0 saturated heterocycles. The number of benzene rings is 2. The molecule has 0 aliphatic carbocycles. The Labute approximate surface area is 113 Å². The van der Waals surface area contributed by atoms with E-state index in [4.69, 9.17) is 16.3 Å². The molecular weight excluding hydrogens is 244 g/mol. The van der Waals surface area contributed by atoms with Crippen molar-refractivity contribution in [1.82, 2.24) is 0 Å². The van der Waals surface area contributed by atoms with Crippen LogP contribution in [0.2, 0.25) is 0 Å². The summed E-state index contributed by atoms with van der Waals surface area (Å²) in [6.07, 6.45) is 1.05. The highest BCUT2D eigenvalue weighted by Crippen LogP contribution is 2.30. The molecule has 2 rings (SSSR count). The zero-order chi connectivity index (χ0) is 13.0. The van der Waals surface area contributed by atoms with Crippen molar-refractivity contribution in [2.75, 3.05) is 7.11 Å².